The summed E-state index contributed by atoms with van der Waals surface area (Å²) in [7, 11) is -3.42. The Balaban J connectivity index is 2.13. The molecule has 1 fully saturated rings. The van der Waals surface area contributed by atoms with Gasteiger partial charge < -0.3 is 4.90 Å². The molecule has 0 amide bonds. The summed E-state index contributed by atoms with van der Waals surface area (Å²) in [6.07, 6.45) is -2.36. The molecule has 10 heteroatoms. The third kappa shape index (κ3) is 4.54. The fourth-order valence-corrected chi connectivity index (χ4v) is 3.25. The monoisotopic (exact) mass is 352 g/mol. The Morgan fingerprint density at radius 1 is 1.35 bits per heavy atom. The van der Waals surface area contributed by atoms with E-state index >= 15 is 0 Å². The van der Waals surface area contributed by atoms with Gasteiger partial charge in [0.1, 0.15) is 17.8 Å². The summed E-state index contributed by atoms with van der Waals surface area (Å²) in [4.78, 5) is 8.76. The average molecular weight is 352 g/mol. The second-order valence-corrected chi connectivity index (χ2v) is 8.02. The maximum atomic E-state index is 12.7. The summed E-state index contributed by atoms with van der Waals surface area (Å²) >= 11 is 0. The Kier molecular flexibility index (Phi) is 5.14. The average Bonchev–Trinajstić information content (AvgIpc) is 2.46. The first-order valence-corrected chi connectivity index (χ1v) is 8.79. The molecule has 1 saturated heterocycles. The Hall–Kier alpha value is -1.42. The molecule has 0 aromatic carbocycles. The van der Waals surface area contributed by atoms with Crippen LogP contribution < -0.4 is 9.62 Å². The number of halogens is 3. The van der Waals surface area contributed by atoms with Gasteiger partial charge in [0, 0.05) is 25.2 Å². The summed E-state index contributed by atoms with van der Waals surface area (Å²) in [5.74, 6) is 0.153. The third-order valence-electron chi connectivity index (χ3n) is 3.64. The van der Waals surface area contributed by atoms with Crippen molar-refractivity contribution in [2.45, 2.75) is 44.2 Å². The molecule has 0 saturated carbocycles. The summed E-state index contributed by atoms with van der Waals surface area (Å²) in [6.45, 7) is 3.94. The molecule has 6 nitrogen and oxygen atoms in total. The zero-order chi connectivity index (χ0) is 17.3. The van der Waals surface area contributed by atoms with Crippen molar-refractivity contribution in [2.24, 2.45) is 0 Å². The molecule has 0 radical (unpaired) electrons. The van der Waals surface area contributed by atoms with Gasteiger partial charge >= 0.3 is 6.18 Å². The van der Waals surface area contributed by atoms with Crippen LogP contribution in [-0.2, 0) is 16.2 Å². The van der Waals surface area contributed by atoms with E-state index in [-0.39, 0.29) is 18.4 Å². The van der Waals surface area contributed by atoms with Crippen molar-refractivity contribution >= 4 is 15.8 Å². The number of hydrogen-bond acceptors (Lipinski definition) is 5. The molecule has 1 aromatic heterocycles. The number of anilines is 1. The predicted octanol–water partition coefficient (Wildman–Crippen LogP) is 1.79. The Morgan fingerprint density at radius 2 is 2.04 bits per heavy atom. The van der Waals surface area contributed by atoms with E-state index in [1.807, 2.05) is 0 Å². The van der Waals surface area contributed by atoms with Crippen molar-refractivity contribution in [2.75, 3.05) is 18.0 Å². The Labute approximate surface area is 133 Å². The van der Waals surface area contributed by atoms with Crippen LogP contribution in [0.2, 0.25) is 0 Å². The first-order chi connectivity index (χ1) is 10.6. The smallest absolute Gasteiger partial charge is 0.355 e. The first-order valence-electron chi connectivity index (χ1n) is 7.25. The lowest BCUT2D eigenvalue weighted by atomic mass is 10.1. The lowest BCUT2D eigenvalue weighted by molar-refractivity contribution is -0.141. The number of hydrogen-bond donors (Lipinski definition) is 1. The minimum absolute atomic E-state index is 0.153. The third-order valence-corrected chi connectivity index (χ3v) is 5.54. The largest absolute Gasteiger partial charge is 0.433 e. The maximum absolute atomic E-state index is 12.7. The van der Waals surface area contributed by atoms with Gasteiger partial charge in [-0.15, -0.1) is 0 Å². The van der Waals surface area contributed by atoms with Crippen molar-refractivity contribution in [3.8, 4) is 0 Å². The molecular formula is C13H19F3N4O2S. The quantitative estimate of drug-likeness (QED) is 0.894. The molecule has 2 rings (SSSR count). The predicted molar refractivity (Wildman–Crippen MR) is 79.5 cm³/mol. The highest BCUT2D eigenvalue weighted by Gasteiger charge is 2.34. The van der Waals surface area contributed by atoms with Gasteiger partial charge in [0.05, 0.1) is 5.25 Å². The van der Waals surface area contributed by atoms with E-state index in [9.17, 15) is 21.6 Å². The molecule has 1 aliphatic rings. The van der Waals surface area contributed by atoms with Gasteiger partial charge in [-0.3, -0.25) is 0 Å². The van der Waals surface area contributed by atoms with E-state index in [1.54, 1.807) is 18.7 Å². The highest BCUT2D eigenvalue weighted by molar-refractivity contribution is 7.90. The van der Waals surface area contributed by atoms with Crippen LogP contribution in [0.15, 0.2) is 12.4 Å². The fraction of sp³-hybridized carbons (Fsp3) is 0.692. The van der Waals surface area contributed by atoms with Crippen molar-refractivity contribution in [1.29, 1.82) is 0 Å². The minimum atomic E-state index is -4.54. The van der Waals surface area contributed by atoms with E-state index < -0.39 is 27.1 Å². The SMILES string of the molecule is CC(C)S(=O)(=O)NC1CCCN(c2cc(C(F)(F)F)ncn2)C1. The Morgan fingerprint density at radius 3 is 2.65 bits per heavy atom. The molecule has 1 N–H and O–H groups in total. The van der Waals surface area contributed by atoms with E-state index in [4.69, 9.17) is 0 Å². The molecule has 1 atom stereocenters. The molecule has 1 aromatic rings. The first kappa shape index (κ1) is 17.9. The lowest BCUT2D eigenvalue weighted by Gasteiger charge is -2.34. The second-order valence-electron chi connectivity index (χ2n) is 5.76. The standard InChI is InChI=1S/C13H19F3N4O2S/c1-9(2)23(21,22)19-10-4-3-5-20(7-10)12-6-11(13(14,15)16)17-8-18-12/h6,8-10,19H,3-5,7H2,1-2H3. The fourth-order valence-electron chi connectivity index (χ4n) is 2.32. The molecule has 0 spiro atoms. The topological polar surface area (TPSA) is 75.2 Å². The number of nitrogens with zero attached hydrogens (tertiary/aromatic N) is 3. The van der Waals surface area contributed by atoms with E-state index in [1.165, 1.54) is 0 Å². The number of piperidine rings is 1. The summed E-state index contributed by atoms with van der Waals surface area (Å²) in [6, 6.07) is 0.541. The van der Waals surface area contributed by atoms with E-state index in [2.05, 4.69) is 14.7 Å². The normalized spacial score (nSPS) is 20.1. The molecule has 2 heterocycles. The van der Waals surface area contributed by atoms with Gasteiger partial charge in [-0.2, -0.15) is 13.2 Å². The van der Waals surface area contributed by atoms with Crippen molar-refractivity contribution in [1.82, 2.24) is 14.7 Å². The van der Waals surface area contributed by atoms with E-state index in [0.717, 1.165) is 12.4 Å². The van der Waals surface area contributed by atoms with Gasteiger partial charge in [0.25, 0.3) is 0 Å². The van der Waals surface area contributed by atoms with Gasteiger partial charge in [0.15, 0.2) is 0 Å². The summed E-state index contributed by atoms with van der Waals surface area (Å²) in [5.41, 5.74) is -1.01. The van der Waals surface area contributed by atoms with Crippen LogP contribution in [0.4, 0.5) is 19.0 Å². The summed E-state index contributed by atoms with van der Waals surface area (Å²) < 4.78 is 64.6. The zero-order valence-corrected chi connectivity index (χ0v) is 13.7. The van der Waals surface area contributed by atoms with Crippen LogP contribution in [0.25, 0.3) is 0 Å². The number of rotatable bonds is 4. The van der Waals surface area contributed by atoms with E-state index in [0.29, 0.717) is 19.4 Å². The Bertz CT molecular complexity index is 649. The number of alkyl halides is 3. The summed E-state index contributed by atoms with van der Waals surface area (Å²) in [5, 5.41) is -0.561. The molecule has 1 unspecified atom stereocenters. The molecule has 0 aliphatic carbocycles. The molecule has 0 bridgehead atoms. The van der Waals surface area contributed by atoms with Crippen LogP contribution in [-0.4, -0.2) is 42.8 Å². The maximum Gasteiger partial charge on any atom is 0.433 e. The van der Waals surface area contributed by atoms with Gasteiger partial charge in [-0.25, -0.2) is 23.1 Å². The molecule has 1 aliphatic heterocycles. The second kappa shape index (κ2) is 6.60. The minimum Gasteiger partial charge on any atom is -0.355 e. The van der Waals surface area contributed by atoms with Crippen LogP contribution in [0, 0.1) is 0 Å². The lowest BCUT2D eigenvalue weighted by Crippen LogP contribution is -2.49. The molecule has 23 heavy (non-hydrogen) atoms. The van der Waals surface area contributed by atoms with Crippen molar-refractivity contribution in [3.05, 3.63) is 18.1 Å². The van der Waals surface area contributed by atoms with Crippen LogP contribution in [0.5, 0.6) is 0 Å². The van der Waals surface area contributed by atoms with Gasteiger partial charge in [-0.1, -0.05) is 0 Å². The highest BCUT2D eigenvalue weighted by atomic mass is 32.2. The molecular weight excluding hydrogens is 333 g/mol. The van der Waals surface area contributed by atoms with Crippen molar-refractivity contribution in [3.63, 3.8) is 0 Å². The molecule has 130 valence electrons. The van der Waals surface area contributed by atoms with Crippen LogP contribution in [0.3, 0.4) is 0 Å². The van der Waals surface area contributed by atoms with Gasteiger partial charge in [-0.05, 0) is 26.7 Å². The number of nitrogens with one attached hydrogen (secondary N) is 1. The van der Waals surface area contributed by atoms with Crippen molar-refractivity contribution < 1.29 is 21.6 Å². The van der Waals surface area contributed by atoms with Crippen LogP contribution in [0.1, 0.15) is 32.4 Å². The zero-order valence-electron chi connectivity index (χ0n) is 12.8. The number of sulfonamides is 1. The highest BCUT2D eigenvalue weighted by Crippen LogP contribution is 2.29. The number of aromatic nitrogens is 2. The van der Waals surface area contributed by atoms with Gasteiger partial charge in [0.2, 0.25) is 10.0 Å². The van der Waals surface area contributed by atoms with Crippen LogP contribution >= 0.6 is 0 Å².